The molecule has 2 aromatic rings. The van der Waals surface area contributed by atoms with Gasteiger partial charge in [-0.1, -0.05) is 107 Å². The molecule has 0 N–H and O–H groups in total. The number of unbranched alkanes of at least 4 members (excludes halogenated alkanes) is 8. The van der Waals surface area contributed by atoms with Gasteiger partial charge in [-0.2, -0.15) is 0 Å². The Kier molecular flexibility index (Phi) is 31.9. The van der Waals surface area contributed by atoms with Gasteiger partial charge in [0.25, 0.3) is 0 Å². The molecule has 1 amide bonds. The van der Waals surface area contributed by atoms with E-state index < -0.39 is 0 Å². The Balaban J connectivity index is 0.944. The van der Waals surface area contributed by atoms with E-state index in [-0.39, 0.29) is 24.6 Å². The van der Waals surface area contributed by atoms with Crippen LogP contribution in [0.3, 0.4) is 0 Å². The molecule has 1 aliphatic rings. The Bertz CT molecular complexity index is 1350. The largest absolute Gasteiger partial charge is 0.463 e. The van der Waals surface area contributed by atoms with Crippen molar-refractivity contribution in [3.05, 3.63) is 59.7 Å². The number of amides is 1. The summed E-state index contributed by atoms with van der Waals surface area (Å²) in [6.45, 7) is 11.5. The molecule has 0 aromatic heterocycles. The molecule has 3 rings (SSSR count). The predicted octanol–water partition coefficient (Wildman–Crippen LogP) is 7.48. The molecule has 2 aromatic carbocycles. The second-order valence-electron chi connectivity index (χ2n) is 15.0. The first-order chi connectivity index (χ1) is 30.6. The first-order valence-electron chi connectivity index (χ1n) is 23.0. The lowest BCUT2D eigenvalue weighted by molar-refractivity contribution is -0.145. The molecule has 0 spiro atoms. The average molecular weight is 876 g/mol. The van der Waals surface area contributed by atoms with E-state index in [2.05, 4.69) is 31.2 Å². The summed E-state index contributed by atoms with van der Waals surface area (Å²) in [6.07, 6.45) is 11.2. The number of hydrogen-bond acceptors (Lipinski definition) is 13. The maximum atomic E-state index is 12.6. The summed E-state index contributed by atoms with van der Waals surface area (Å²) in [5.74, 6) is -0.105. The van der Waals surface area contributed by atoms with E-state index in [0.29, 0.717) is 138 Å². The number of nitrogens with zero attached hydrogens (tertiary/aromatic N) is 1. The number of esters is 1. The molecular weight excluding hydrogens is 799 g/mol. The molecule has 0 bridgehead atoms. The molecule has 14 heteroatoms. The van der Waals surface area contributed by atoms with Crippen LogP contribution in [0.1, 0.15) is 88.2 Å². The Morgan fingerprint density at radius 1 is 0.452 bits per heavy atom. The molecule has 62 heavy (non-hydrogen) atoms. The Hall–Kier alpha value is -3.18. The molecule has 0 heterocycles. The van der Waals surface area contributed by atoms with Crippen molar-refractivity contribution in [3.8, 4) is 11.1 Å². The summed E-state index contributed by atoms with van der Waals surface area (Å²) in [5.41, 5.74) is 4.79. The monoisotopic (exact) mass is 876 g/mol. The van der Waals surface area contributed by atoms with Crippen molar-refractivity contribution in [1.29, 1.82) is 0 Å². The third kappa shape index (κ3) is 25.2. The molecule has 0 atom stereocenters. The molecule has 0 fully saturated rings. The summed E-state index contributed by atoms with van der Waals surface area (Å²) in [5, 5.41) is 0. The summed E-state index contributed by atoms with van der Waals surface area (Å²) >= 11 is 0. The number of ether oxygens (including phenoxy) is 11. The van der Waals surface area contributed by atoms with E-state index in [4.69, 9.17) is 52.1 Å². The van der Waals surface area contributed by atoms with Gasteiger partial charge in [0.2, 0.25) is 0 Å². The predicted molar refractivity (Wildman–Crippen MR) is 238 cm³/mol. The van der Waals surface area contributed by atoms with Gasteiger partial charge in [-0.3, -0.25) is 4.79 Å². The van der Waals surface area contributed by atoms with E-state index in [1.165, 1.54) is 72.1 Å². The lowest BCUT2D eigenvalue weighted by Crippen LogP contribution is -2.32. The highest BCUT2D eigenvalue weighted by Gasteiger charge is 2.29. The first kappa shape index (κ1) is 53.2. The van der Waals surface area contributed by atoms with Crippen molar-refractivity contribution in [2.45, 2.75) is 77.0 Å². The van der Waals surface area contributed by atoms with E-state index in [1.54, 1.807) is 7.05 Å². The van der Waals surface area contributed by atoms with Gasteiger partial charge in [0.1, 0.15) is 13.2 Å². The van der Waals surface area contributed by atoms with Crippen LogP contribution in [0.25, 0.3) is 11.1 Å². The van der Waals surface area contributed by atoms with Crippen molar-refractivity contribution in [2.24, 2.45) is 0 Å². The molecule has 0 aliphatic heterocycles. The van der Waals surface area contributed by atoms with E-state index in [0.717, 1.165) is 12.8 Å². The van der Waals surface area contributed by atoms with Crippen LogP contribution in [-0.2, 0) is 56.9 Å². The number of carbonyl (C=O) groups excluding carboxylic acids is 2. The minimum absolute atomic E-state index is 0.0355. The summed E-state index contributed by atoms with van der Waals surface area (Å²) in [7, 11) is 1.71. The van der Waals surface area contributed by atoms with Gasteiger partial charge in [0.15, 0.2) is 0 Å². The second kappa shape index (κ2) is 37.2. The fourth-order valence-electron chi connectivity index (χ4n) is 6.72. The van der Waals surface area contributed by atoms with Crippen LogP contribution in [0.2, 0.25) is 0 Å². The summed E-state index contributed by atoms with van der Waals surface area (Å²) in [6, 6.07) is 16.6. The minimum atomic E-state index is -0.366. The van der Waals surface area contributed by atoms with Crippen LogP contribution in [0.15, 0.2) is 48.5 Å². The third-order valence-corrected chi connectivity index (χ3v) is 10.2. The number of fused-ring (bicyclic) bond motifs is 3. The van der Waals surface area contributed by atoms with Crippen molar-refractivity contribution >= 4 is 12.1 Å². The Morgan fingerprint density at radius 2 is 0.806 bits per heavy atom. The van der Waals surface area contributed by atoms with Gasteiger partial charge >= 0.3 is 12.1 Å². The lowest BCUT2D eigenvalue weighted by Gasteiger charge is -2.19. The summed E-state index contributed by atoms with van der Waals surface area (Å²) in [4.78, 5) is 26.0. The maximum absolute atomic E-state index is 12.6. The molecular formula is C48H77NO13. The van der Waals surface area contributed by atoms with Crippen LogP contribution in [0, 0.1) is 0 Å². The molecule has 0 radical (unpaired) electrons. The third-order valence-electron chi connectivity index (χ3n) is 10.2. The second-order valence-corrected chi connectivity index (χ2v) is 15.0. The summed E-state index contributed by atoms with van der Waals surface area (Å²) < 4.78 is 60.7. The van der Waals surface area contributed by atoms with Crippen LogP contribution in [-0.4, -0.2) is 163 Å². The van der Waals surface area contributed by atoms with Crippen molar-refractivity contribution in [1.82, 2.24) is 4.90 Å². The highest BCUT2D eigenvalue weighted by Crippen LogP contribution is 2.44. The van der Waals surface area contributed by atoms with Gasteiger partial charge < -0.3 is 57.0 Å². The van der Waals surface area contributed by atoms with Gasteiger partial charge in [-0.15, -0.1) is 0 Å². The topological polar surface area (TPSA) is 139 Å². The quantitative estimate of drug-likeness (QED) is 0.0482. The van der Waals surface area contributed by atoms with E-state index >= 15 is 0 Å². The molecule has 0 unspecified atom stereocenters. The number of likely N-dealkylation sites (N-methyl/N-ethyl adjacent to an activating group) is 1. The molecule has 0 saturated heterocycles. The molecule has 14 nitrogen and oxygen atoms in total. The standard InChI is InChI=1S/C48H77NO13/c1-3-4-5-6-7-8-9-10-11-20-47(50)61-40-39-60-38-37-59-36-35-58-34-33-57-32-31-56-30-29-55-28-27-54-26-25-53-24-23-52-22-21-49(2)48(51)62-41-46-44-18-14-12-16-42(44)43-17-13-15-19-45(43)46/h12-19,46H,3-11,20-41H2,1-2H3. The zero-order valence-electron chi connectivity index (χ0n) is 37.9. The maximum Gasteiger partial charge on any atom is 0.409 e. The van der Waals surface area contributed by atoms with Crippen LogP contribution < -0.4 is 0 Å². The molecule has 0 saturated carbocycles. The highest BCUT2D eigenvalue weighted by atomic mass is 16.6. The normalized spacial score (nSPS) is 12.1. The Labute approximate surface area is 371 Å². The number of rotatable bonds is 42. The zero-order valence-corrected chi connectivity index (χ0v) is 37.9. The van der Waals surface area contributed by atoms with E-state index in [1.807, 2.05) is 24.3 Å². The molecule has 352 valence electrons. The number of benzene rings is 2. The fourth-order valence-corrected chi connectivity index (χ4v) is 6.72. The Morgan fingerprint density at radius 3 is 1.23 bits per heavy atom. The van der Waals surface area contributed by atoms with Crippen molar-refractivity contribution in [3.63, 3.8) is 0 Å². The van der Waals surface area contributed by atoms with Gasteiger partial charge in [0.05, 0.1) is 119 Å². The smallest absolute Gasteiger partial charge is 0.409 e. The van der Waals surface area contributed by atoms with Gasteiger partial charge in [-0.25, -0.2) is 4.79 Å². The number of carbonyl (C=O) groups is 2. The molecule has 1 aliphatic carbocycles. The van der Waals surface area contributed by atoms with E-state index in [9.17, 15) is 9.59 Å². The van der Waals surface area contributed by atoms with Crippen molar-refractivity contribution in [2.75, 3.05) is 146 Å². The first-order valence-corrected chi connectivity index (χ1v) is 23.0. The zero-order chi connectivity index (χ0) is 44.0. The lowest BCUT2D eigenvalue weighted by atomic mass is 9.98. The van der Waals surface area contributed by atoms with Crippen LogP contribution in [0.4, 0.5) is 4.79 Å². The van der Waals surface area contributed by atoms with Crippen molar-refractivity contribution < 1.29 is 61.7 Å². The highest BCUT2D eigenvalue weighted by molar-refractivity contribution is 5.79. The number of hydrogen-bond donors (Lipinski definition) is 0. The van der Waals surface area contributed by atoms with Crippen LogP contribution in [0.5, 0.6) is 0 Å². The average Bonchev–Trinajstić information content (AvgIpc) is 3.61. The van der Waals surface area contributed by atoms with Gasteiger partial charge in [0, 0.05) is 25.9 Å². The SMILES string of the molecule is CCCCCCCCCCCC(=O)OCCOCCOCCOCCOCCOCCOCCOCCOCCOCCN(C)C(=O)OCC1c2ccccc2-c2ccccc21. The van der Waals surface area contributed by atoms with Crippen LogP contribution >= 0.6 is 0 Å². The fraction of sp³-hybridized carbons (Fsp3) is 0.708. The van der Waals surface area contributed by atoms with Gasteiger partial charge in [-0.05, 0) is 28.7 Å². The minimum Gasteiger partial charge on any atom is -0.463 e.